The van der Waals surface area contributed by atoms with Gasteiger partial charge in [0.1, 0.15) is 0 Å². The number of ketones is 1. The van der Waals surface area contributed by atoms with Crippen molar-refractivity contribution in [3.8, 4) is 11.8 Å². The molecular weight excluding hydrogens is 407 g/mol. The molecule has 2 saturated heterocycles. The standard InChI is InChI=1S/C23H24F3N3O2/c1-14-9-20(15(2)29(14)17-5-3-16(12-27)4-6-17)21(30)13-28-18-7-8-19(28)11-22(31,10-18)23(24,25)26/h3-6,9,18-19,31H,7-8,10-11,13H2,1-2H3/t18-,19+,22+. The number of hydrogen-bond acceptors (Lipinski definition) is 4. The van der Waals surface area contributed by atoms with Gasteiger partial charge in [-0.2, -0.15) is 18.4 Å². The van der Waals surface area contributed by atoms with Crippen LogP contribution >= 0.6 is 0 Å². The van der Waals surface area contributed by atoms with Crippen LogP contribution in [0.4, 0.5) is 13.2 Å². The molecule has 5 nitrogen and oxygen atoms in total. The number of halogens is 3. The molecule has 2 aliphatic rings. The van der Waals surface area contributed by atoms with Gasteiger partial charge in [-0.25, -0.2) is 0 Å². The van der Waals surface area contributed by atoms with Crippen LogP contribution in [0.25, 0.3) is 5.69 Å². The number of fused-ring (bicyclic) bond motifs is 2. The molecule has 3 atom stereocenters. The van der Waals surface area contributed by atoms with Crippen LogP contribution in [0.15, 0.2) is 30.3 Å². The van der Waals surface area contributed by atoms with E-state index in [9.17, 15) is 23.1 Å². The fraction of sp³-hybridized carbons (Fsp3) is 0.478. The monoisotopic (exact) mass is 431 g/mol. The summed E-state index contributed by atoms with van der Waals surface area (Å²) in [6, 6.07) is 10.0. The maximum Gasteiger partial charge on any atom is 0.417 e. The smallest absolute Gasteiger partial charge is 0.380 e. The number of rotatable bonds is 4. The van der Waals surface area contributed by atoms with Crippen LogP contribution in [0.3, 0.4) is 0 Å². The first-order valence-corrected chi connectivity index (χ1v) is 10.3. The van der Waals surface area contributed by atoms with Crippen molar-refractivity contribution in [1.82, 2.24) is 9.47 Å². The Balaban J connectivity index is 1.55. The van der Waals surface area contributed by atoms with E-state index in [0.717, 1.165) is 17.1 Å². The number of piperidine rings is 1. The van der Waals surface area contributed by atoms with Crippen LogP contribution in [0.1, 0.15) is 53.0 Å². The lowest BCUT2D eigenvalue weighted by atomic mass is 9.85. The van der Waals surface area contributed by atoms with Crippen LogP contribution in [0.5, 0.6) is 0 Å². The molecular formula is C23H24F3N3O2. The number of carbonyl (C=O) groups is 1. The van der Waals surface area contributed by atoms with Gasteiger partial charge in [0.2, 0.25) is 0 Å². The fourth-order valence-corrected chi connectivity index (χ4v) is 5.18. The second-order valence-electron chi connectivity index (χ2n) is 8.70. The average molecular weight is 431 g/mol. The topological polar surface area (TPSA) is 69.3 Å². The van der Waals surface area contributed by atoms with Crippen molar-refractivity contribution < 1.29 is 23.1 Å². The molecule has 0 unspecified atom stereocenters. The number of aryl methyl sites for hydroxylation is 1. The molecule has 1 aromatic heterocycles. The molecule has 2 bridgehead atoms. The molecule has 2 fully saturated rings. The Morgan fingerprint density at radius 3 is 2.29 bits per heavy atom. The first-order valence-electron chi connectivity index (χ1n) is 10.3. The summed E-state index contributed by atoms with van der Waals surface area (Å²) in [5.74, 6) is -0.137. The highest BCUT2D eigenvalue weighted by Gasteiger charge is 2.60. The normalized spacial score (nSPS) is 26.1. The summed E-state index contributed by atoms with van der Waals surface area (Å²) in [5, 5.41) is 19.1. The largest absolute Gasteiger partial charge is 0.417 e. The van der Waals surface area contributed by atoms with Gasteiger partial charge < -0.3 is 9.67 Å². The molecule has 2 aliphatic heterocycles. The number of carbonyl (C=O) groups excluding carboxylic acids is 1. The molecule has 0 saturated carbocycles. The second-order valence-corrected chi connectivity index (χ2v) is 8.70. The van der Waals surface area contributed by atoms with Gasteiger partial charge in [0.25, 0.3) is 0 Å². The van der Waals surface area contributed by atoms with Crippen LogP contribution in [-0.4, -0.2) is 50.8 Å². The average Bonchev–Trinajstić information content (AvgIpc) is 3.13. The Morgan fingerprint density at radius 2 is 1.77 bits per heavy atom. The van der Waals surface area contributed by atoms with E-state index >= 15 is 0 Å². The molecule has 4 rings (SSSR count). The Kier molecular flexibility index (Phi) is 5.23. The number of nitrogens with zero attached hydrogens (tertiary/aromatic N) is 3. The van der Waals surface area contributed by atoms with Crippen LogP contribution in [-0.2, 0) is 0 Å². The predicted molar refractivity (Wildman–Crippen MR) is 108 cm³/mol. The lowest BCUT2D eigenvalue weighted by Gasteiger charge is -2.44. The molecule has 8 heteroatoms. The molecule has 0 spiro atoms. The maximum absolute atomic E-state index is 13.3. The summed E-state index contributed by atoms with van der Waals surface area (Å²) in [4.78, 5) is 15.0. The molecule has 0 aliphatic carbocycles. The van der Waals surface area contributed by atoms with Gasteiger partial charge in [0.15, 0.2) is 11.4 Å². The highest BCUT2D eigenvalue weighted by Crippen LogP contribution is 2.47. The van der Waals surface area contributed by atoms with Crippen molar-refractivity contribution in [1.29, 1.82) is 5.26 Å². The van der Waals surface area contributed by atoms with E-state index in [-0.39, 0.29) is 25.2 Å². The third-order valence-corrected chi connectivity index (χ3v) is 6.76. The van der Waals surface area contributed by atoms with Crippen molar-refractivity contribution in [2.24, 2.45) is 0 Å². The summed E-state index contributed by atoms with van der Waals surface area (Å²) in [6.07, 6.45) is -4.31. The molecule has 164 valence electrons. The highest BCUT2D eigenvalue weighted by molar-refractivity contribution is 5.99. The van der Waals surface area contributed by atoms with E-state index in [1.54, 1.807) is 18.2 Å². The third kappa shape index (κ3) is 3.66. The SMILES string of the molecule is Cc1cc(C(=O)CN2[C@@H]3CC[C@H]2C[C@](O)(C(F)(F)F)C3)c(C)n1-c1ccc(C#N)cc1. The van der Waals surface area contributed by atoms with Crippen LogP contribution in [0, 0.1) is 25.2 Å². The molecule has 31 heavy (non-hydrogen) atoms. The molecule has 1 aromatic carbocycles. The first kappa shape index (κ1) is 21.6. The minimum absolute atomic E-state index is 0.0426. The zero-order chi connectivity index (χ0) is 22.6. The maximum atomic E-state index is 13.3. The lowest BCUT2D eigenvalue weighted by molar-refractivity contribution is -0.278. The van der Waals surface area contributed by atoms with Gasteiger partial charge in [0.05, 0.1) is 18.2 Å². The van der Waals surface area contributed by atoms with E-state index in [2.05, 4.69) is 6.07 Å². The minimum Gasteiger partial charge on any atom is -0.380 e. The van der Waals surface area contributed by atoms with Gasteiger partial charge in [0, 0.05) is 47.6 Å². The Labute approximate surface area is 178 Å². The van der Waals surface area contributed by atoms with Crippen LogP contribution in [0.2, 0.25) is 0 Å². The minimum atomic E-state index is -4.66. The predicted octanol–water partition coefficient (Wildman–Crippen LogP) is 4.07. The van der Waals surface area contributed by atoms with E-state index in [4.69, 9.17) is 5.26 Å². The quantitative estimate of drug-likeness (QED) is 0.741. The molecule has 0 radical (unpaired) electrons. The number of Topliss-reactive ketones (excluding diaryl/α,β-unsaturated/α-hetero) is 1. The van der Waals surface area contributed by atoms with Crippen molar-refractivity contribution in [3.05, 3.63) is 52.8 Å². The summed E-state index contributed by atoms with van der Waals surface area (Å²) in [5.41, 5.74) is 0.868. The van der Waals surface area contributed by atoms with Gasteiger partial charge in [-0.3, -0.25) is 9.69 Å². The van der Waals surface area contributed by atoms with Gasteiger partial charge in [-0.15, -0.1) is 0 Å². The third-order valence-electron chi connectivity index (χ3n) is 6.76. The summed E-state index contributed by atoms with van der Waals surface area (Å²) in [6.45, 7) is 3.77. The molecule has 0 amide bonds. The van der Waals surface area contributed by atoms with E-state index in [0.29, 0.717) is 24.0 Å². The van der Waals surface area contributed by atoms with Crippen molar-refractivity contribution in [2.75, 3.05) is 6.54 Å². The van der Waals surface area contributed by atoms with Crippen molar-refractivity contribution in [2.45, 2.75) is 63.4 Å². The number of nitriles is 1. The molecule has 3 heterocycles. The lowest BCUT2D eigenvalue weighted by Crippen LogP contribution is -2.58. The number of hydrogen-bond donors (Lipinski definition) is 1. The van der Waals surface area contributed by atoms with Crippen molar-refractivity contribution in [3.63, 3.8) is 0 Å². The number of aliphatic hydroxyl groups is 1. The van der Waals surface area contributed by atoms with E-state index < -0.39 is 23.9 Å². The zero-order valence-electron chi connectivity index (χ0n) is 17.4. The Bertz CT molecular complexity index is 1040. The second kappa shape index (κ2) is 7.50. The van der Waals surface area contributed by atoms with Crippen LogP contribution < -0.4 is 0 Å². The zero-order valence-corrected chi connectivity index (χ0v) is 17.4. The number of alkyl halides is 3. The Morgan fingerprint density at radius 1 is 1.19 bits per heavy atom. The molecule has 2 aromatic rings. The fourth-order valence-electron chi connectivity index (χ4n) is 5.18. The number of benzene rings is 1. The van der Waals surface area contributed by atoms with Gasteiger partial charge in [-0.1, -0.05) is 0 Å². The molecule has 1 N–H and O–H groups in total. The number of aromatic nitrogens is 1. The summed E-state index contributed by atoms with van der Waals surface area (Å²) < 4.78 is 41.9. The summed E-state index contributed by atoms with van der Waals surface area (Å²) >= 11 is 0. The van der Waals surface area contributed by atoms with Crippen molar-refractivity contribution >= 4 is 5.78 Å². The van der Waals surface area contributed by atoms with Gasteiger partial charge >= 0.3 is 6.18 Å². The Hall–Kier alpha value is -2.63. The van der Waals surface area contributed by atoms with Gasteiger partial charge in [-0.05, 0) is 57.0 Å². The summed E-state index contributed by atoms with van der Waals surface area (Å²) in [7, 11) is 0. The highest BCUT2D eigenvalue weighted by atomic mass is 19.4. The van der Waals surface area contributed by atoms with E-state index in [1.807, 2.05) is 35.4 Å². The first-order chi connectivity index (χ1) is 14.5. The van der Waals surface area contributed by atoms with E-state index in [1.165, 1.54) is 0 Å².